The third-order valence-electron chi connectivity index (χ3n) is 2.87. The first kappa shape index (κ1) is 14.2. The number of hydrogen-bond donors (Lipinski definition) is 1. The third kappa shape index (κ3) is 2.56. The highest BCUT2D eigenvalue weighted by Crippen LogP contribution is 2.36. The van der Waals surface area contributed by atoms with Crippen LogP contribution in [0.3, 0.4) is 0 Å². The van der Waals surface area contributed by atoms with E-state index < -0.39 is 11.7 Å². The van der Waals surface area contributed by atoms with E-state index in [0.29, 0.717) is 5.52 Å². The van der Waals surface area contributed by atoms with Gasteiger partial charge in [0.15, 0.2) is 5.65 Å². The normalized spacial score (nSPS) is 12.0. The molecule has 0 amide bonds. The molecular formula is C13H6Cl2F3N3. The zero-order valence-corrected chi connectivity index (χ0v) is 11.7. The smallest absolute Gasteiger partial charge is 0.337 e. The summed E-state index contributed by atoms with van der Waals surface area (Å²) < 4.78 is 39.1. The van der Waals surface area contributed by atoms with Gasteiger partial charge in [-0.25, -0.2) is 9.97 Å². The predicted octanol–water partition coefficient (Wildman–Crippen LogP) is 4.95. The lowest BCUT2D eigenvalue weighted by molar-refractivity contribution is -0.137. The highest BCUT2D eigenvalue weighted by Gasteiger charge is 2.34. The summed E-state index contributed by atoms with van der Waals surface area (Å²) in [6.45, 7) is 0. The van der Waals surface area contributed by atoms with E-state index in [0.717, 1.165) is 6.07 Å². The number of H-pyrrole nitrogens is 1. The molecule has 0 unspecified atom stereocenters. The number of imidazole rings is 1. The molecule has 0 saturated heterocycles. The minimum Gasteiger partial charge on any atom is -0.337 e. The van der Waals surface area contributed by atoms with Crippen molar-refractivity contribution < 1.29 is 13.2 Å². The Labute approximate surface area is 126 Å². The van der Waals surface area contributed by atoms with Gasteiger partial charge in [0.25, 0.3) is 0 Å². The molecule has 0 spiro atoms. The van der Waals surface area contributed by atoms with Gasteiger partial charge in [0.2, 0.25) is 0 Å². The summed E-state index contributed by atoms with van der Waals surface area (Å²) in [6, 6.07) is 6.63. The van der Waals surface area contributed by atoms with Crippen LogP contribution in [0.2, 0.25) is 10.2 Å². The summed E-state index contributed by atoms with van der Waals surface area (Å²) in [6.07, 6.45) is -4.47. The molecule has 108 valence electrons. The van der Waals surface area contributed by atoms with E-state index in [1.165, 1.54) is 24.3 Å². The second-order valence-electron chi connectivity index (χ2n) is 4.26. The largest absolute Gasteiger partial charge is 0.417 e. The second kappa shape index (κ2) is 4.89. The Hall–Kier alpha value is -1.79. The van der Waals surface area contributed by atoms with Gasteiger partial charge in [0.1, 0.15) is 11.0 Å². The average Bonchev–Trinajstić information content (AvgIpc) is 2.81. The minimum absolute atomic E-state index is 0.0475. The van der Waals surface area contributed by atoms with Crippen LogP contribution in [0.15, 0.2) is 30.3 Å². The van der Waals surface area contributed by atoms with Crippen molar-refractivity contribution in [2.24, 2.45) is 0 Å². The number of aromatic nitrogens is 3. The SMILES string of the molecule is FC(F)(F)c1ccccc1-c1nc2nc(Cl)c(Cl)cc2[nH]1. The van der Waals surface area contributed by atoms with Crippen LogP contribution < -0.4 is 0 Å². The summed E-state index contributed by atoms with van der Waals surface area (Å²) in [5.74, 6) is 0.0590. The van der Waals surface area contributed by atoms with Gasteiger partial charge in [-0.05, 0) is 12.1 Å². The molecule has 0 radical (unpaired) electrons. The van der Waals surface area contributed by atoms with Gasteiger partial charge in [-0.15, -0.1) is 0 Å². The number of nitrogens with one attached hydrogen (secondary N) is 1. The number of rotatable bonds is 1. The van der Waals surface area contributed by atoms with Crippen molar-refractivity contribution in [2.45, 2.75) is 6.18 Å². The van der Waals surface area contributed by atoms with Crippen molar-refractivity contribution >= 4 is 34.4 Å². The predicted molar refractivity (Wildman–Crippen MR) is 74.3 cm³/mol. The number of halogens is 5. The second-order valence-corrected chi connectivity index (χ2v) is 5.03. The lowest BCUT2D eigenvalue weighted by Gasteiger charge is -2.10. The van der Waals surface area contributed by atoms with Crippen LogP contribution >= 0.6 is 23.2 Å². The minimum atomic E-state index is -4.47. The number of aromatic amines is 1. The highest BCUT2D eigenvalue weighted by atomic mass is 35.5. The fourth-order valence-corrected chi connectivity index (χ4v) is 2.25. The van der Waals surface area contributed by atoms with Gasteiger partial charge in [-0.1, -0.05) is 41.4 Å². The van der Waals surface area contributed by atoms with E-state index in [1.807, 2.05) is 0 Å². The summed E-state index contributed by atoms with van der Waals surface area (Å²) in [4.78, 5) is 10.7. The van der Waals surface area contributed by atoms with Crippen molar-refractivity contribution in [3.05, 3.63) is 46.1 Å². The molecule has 2 heterocycles. The quantitative estimate of drug-likeness (QED) is 0.641. The molecule has 3 aromatic rings. The molecule has 21 heavy (non-hydrogen) atoms. The summed E-state index contributed by atoms with van der Waals surface area (Å²) >= 11 is 11.6. The van der Waals surface area contributed by atoms with E-state index in [-0.39, 0.29) is 27.2 Å². The van der Waals surface area contributed by atoms with E-state index in [1.54, 1.807) is 0 Å². The van der Waals surface area contributed by atoms with Gasteiger partial charge in [0, 0.05) is 5.56 Å². The Morgan fingerprint density at radius 2 is 1.76 bits per heavy atom. The number of fused-ring (bicyclic) bond motifs is 1. The maximum absolute atomic E-state index is 13.0. The molecule has 8 heteroatoms. The summed E-state index contributed by atoms with van der Waals surface area (Å²) in [7, 11) is 0. The molecular weight excluding hydrogens is 326 g/mol. The van der Waals surface area contributed by atoms with Crippen molar-refractivity contribution in [3.63, 3.8) is 0 Å². The zero-order chi connectivity index (χ0) is 15.2. The fourth-order valence-electron chi connectivity index (χ4n) is 1.96. The molecule has 2 aromatic heterocycles. The fraction of sp³-hybridized carbons (Fsp3) is 0.0769. The van der Waals surface area contributed by atoms with Crippen molar-refractivity contribution in [1.82, 2.24) is 15.0 Å². The zero-order valence-electron chi connectivity index (χ0n) is 10.2. The third-order valence-corrected chi connectivity index (χ3v) is 3.54. The monoisotopic (exact) mass is 331 g/mol. The molecule has 0 aliphatic heterocycles. The van der Waals surface area contributed by atoms with Crippen LogP contribution in [-0.2, 0) is 6.18 Å². The van der Waals surface area contributed by atoms with Gasteiger partial charge in [-0.3, -0.25) is 0 Å². The van der Waals surface area contributed by atoms with E-state index in [9.17, 15) is 13.2 Å². The summed E-state index contributed by atoms with van der Waals surface area (Å²) in [5, 5.41) is 0.245. The molecule has 1 aromatic carbocycles. The number of alkyl halides is 3. The van der Waals surface area contributed by atoms with Gasteiger partial charge < -0.3 is 4.98 Å². The maximum Gasteiger partial charge on any atom is 0.417 e. The number of pyridine rings is 1. The van der Waals surface area contributed by atoms with Crippen LogP contribution in [0.4, 0.5) is 13.2 Å². The Kier molecular flexibility index (Phi) is 3.30. The molecule has 0 atom stereocenters. The Morgan fingerprint density at radius 1 is 1.05 bits per heavy atom. The molecule has 3 nitrogen and oxygen atoms in total. The summed E-state index contributed by atoms with van der Waals surface area (Å²) in [5.41, 5.74) is -0.218. The lowest BCUT2D eigenvalue weighted by atomic mass is 10.1. The highest BCUT2D eigenvalue weighted by molar-refractivity contribution is 6.41. The molecule has 1 N–H and O–H groups in total. The molecule has 3 rings (SSSR count). The standard InChI is InChI=1S/C13H6Cl2F3N3/c14-8-5-9-12(20-10(8)15)21-11(19-9)6-3-1-2-4-7(6)13(16,17)18/h1-5H,(H,19,20,21). The number of nitrogens with zero attached hydrogens (tertiary/aromatic N) is 2. The average molecular weight is 332 g/mol. The lowest BCUT2D eigenvalue weighted by Crippen LogP contribution is -2.07. The Bertz CT molecular complexity index is 788. The van der Waals surface area contributed by atoms with Crippen LogP contribution in [0, 0.1) is 0 Å². The first-order valence-electron chi connectivity index (χ1n) is 5.74. The molecule has 0 fully saturated rings. The van der Waals surface area contributed by atoms with Crippen LogP contribution in [0.25, 0.3) is 22.6 Å². The topological polar surface area (TPSA) is 41.6 Å². The van der Waals surface area contributed by atoms with Crippen molar-refractivity contribution in [1.29, 1.82) is 0 Å². The molecule has 0 bridgehead atoms. The van der Waals surface area contributed by atoms with E-state index >= 15 is 0 Å². The van der Waals surface area contributed by atoms with Gasteiger partial charge in [0.05, 0.1) is 16.1 Å². The maximum atomic E-state index is 13.0. The van der Waals surface area contributed by atoms with Crippen molar-refractivity contribution in [3.8, 4) is 11.4 Å². The Balaban J connectivity index is 2.22. The van der Waals surface area contributed by atoms with Crippen LogP contribution in [0.5, 0.6) is 0 Å². The van der Waals surface area contributed by atoms with Crippen LogP contribution in [-0.4, -0.2) is 15.0 Å². The molecule has 0 saturated carbocycles. The first-order valence-corrected chi connectivity index (χ1v) is 6.50. The molecule has 0 aliphatic carbocycles. The van der Waals surface area contributed by atoms with Crippen LogP contribution in [0.1, 0.15) is 5.56 Å². The number of hydrogen-bond acceptors (Lipinski definition) is 2. The van der Waals surface area contributed by atoms with E-state index in [2.05, 4.69) is 15.0 Å². The molecule has 0 aliphatic rings. The van der Waals surface area contributed by atoms with E-state index in [4.69, 9.17) is 23.2 Å². The van der Waals surface area contributed by atoms with Crippen molar-refractivity contribution in [2.75, 3.05) is 0 Å². The first-order chi connectivity index (χ1) is 9.86. The number of benzene rings is 1. The van der Waals surface area contributed by atoms with Gasteiger partial charge in [-0.2, -0.15) is 13.2 Å². The Morgan fingerprint density at radius 3 is 2.48 bits per heavy atom. The van der Waals surface area contributed by atoms with Gasteiger partial charge >= 0.3 is 6.18 Å².